The molecule has 4 aromatic rings. The van der Waals surface area contributed by atoms with Crippen molar-refractivity contribution in [3.63, 3.8) is 0 Å². The first-order valence-corrected chi connectivity index (χ1v) is 17.0. The highest BCUT2D eigenvalue weighted by Gasteiger charge is 2.52. The molecule has 0 bridgehead atoms. The van der Waals surface area contributed by atoms with Crippen LogP contribution in [0.15, 0.2) is 52.9 Å². The number of ether oxygens (including phenoxy) is 3. The Kier molecular flexibility index (Phi) is 11.4. The Hall–Kier alpha value is -6.18. The average Bonchev–Trinajstić information content (AvgIpc) is 3.12. The minimum atomic E-state index is -2.45. The van der Waals surface area contributed by atoms with E-state index in [1.165, 1.54) is 62.8 Å². The first-order valence-electron chi connectivity index (χ1n) is 16.0. The number of carboxylic acids is 2. The quantitative estimate of drug-likeness (QED) is 0.0774. The Bertz CT molecular complexity index is 2090. The molecule has 2 heterocycles. The van der Waals surface area contributed by atoms with E-state index in [0.717, 1.165) is 11.8 Å². The number of carboxylic acid groups (broad SMARTS) is 2. The third-order valence-electron chi connectivity index (χ3n) is 8.40. The molecule has 0 fully saturated rings. The van der Waals surface area contributed by atoms with Gasteiger partial charge in [0.2, 0.25) is 23.3 Å². The van der Waals surface area contributed by atoms with Crippen molar-refractivity contribution in [2.45, 2.75) is 36.0 Å². The van der Waals surface area contributed by atoms with Gasteiger partial charge in [0.25, 0.3) is 5.79 Å². The summed E-state index contributed by atoms with van der Waals surface area (Å²) >= 11 is 0.789. The number of carbonyl (C=O) groups is 4. The molecule has 1 aromatic heterocycles. The number of hydrogen-bond donors (Lipinski definition) is 10. The summed E-state index contributed by atoms with van der Waals surface area (Å²) in [7, 11) is 2.57. The number of benzene rings is 3. The number of aromatic hydroxyl groups is 4. The maximum Gasteiger partial charge on any atom is 0.402 e. The molecule has 0 aliphatic carbocycles. The molecule has 286 valence electrons. The molecule has 1 aliphatic heterocycles. The molecule has 1 aliphatic rings. The Morgan fingerprint density at radius 2 is 1.61 bits per heavy atom. The van der Waals surface area contributed by atoms with Gasteiger partial charge in [0.15, 0.2) is 11.5 Å². The van der Waals surface area contributed by atoms with Crippen LogP contribution in [0.3, 0.4) is 0 Å². The van der Waals surface area contributed by atoms with Crippen molar-refractivity contribution < 1.29 is 73.6 Å². The lowest BCUT2D eigenvalue weighted by atomic mass is 9.90. The summed E-state index contributed by atoms with van der Waals surface area (Å²) in [5.74, 6) is -9.29. The number of hydrogen-bond acceptors (Lipinski definition) is 14. The van der Waals surface area contributed by atoms with Crippen LogP contribution in [0, 0.1) is 0 Å². The van der Waals surface area contributed by atoms with Gasteiger partial charge in [0, 0.05) is 41.5 Å². The molecule has 5 rings (SSSR count). The molecule has 4 atom stereocenters. The van der Waals surface area contributed by atoms with Crippen molar-refractivity contribution in [2.75, 3.05) is 26.5 Å². The number of amides is 2. The van der Waals surface area contributed by atoms with E-state index in [-0.39, 0.29) is 74.3 Å². The Labute approximate surface area is 309 Å². The van der Waals surface area contributed by atoms with Gasteiger partial charge >= 0.3 is 23.3 Å². The van der Waals surface area contributed by atoms with Crippen LogP contribution in [0.1, 0.15) is 29.2 Å². The number of nitrogens with one attached hydrogen (secondary N) is 2. The second-order valence-electron chi connectivity index (χ2n) is 12.0. The van der Waals surface area contributed by atoms with Crippen LogP contribution in [0.5, 0.6) is 40.2 Å². The minimum Gasteiger partial charge on any atom is -0.508 e. The molecule has 0 saturated heterocycles. The molecule has 0 radical (unpaired) electrons. The van der Waals surface area contributed by atoms with E-state index >= 15 is 0 Å². The molecule has 0 spiro atoms. The van der Waals surface area contributed by atoms with E-state index < -0.39 is 71.3 Å². The molecule has 0 saturated carbocycles. The number of methoxy groups -OCH3 is 2. The van der Waals surface area contributed by atoms with Crippen molar-refractivity contribution in [3.05, 3.63) is 59.7 Å². The molecule has 2 amide bonds. The number of thioether (sulfide) groups is 1. The van der Waals surface area contributed by atoms with Gasteiger partial charge in [-0.3, -0.25) is 19.2 Å². The maximum absolute atomic E-state index is 13.3. The largest absolute Gasteiger partial charge is 0.508 e. The van der Waals surface area contributed by atoms with Crippen molar-refractivity contribution in [1.29, 1.82) is 0 Å². The van der Waals surface area contributed by atoms with Crippen LogP contribution < -0.4 is 30.6 Å². The summed E-state index contributed by atoms with van der Waals surface area (Å²) in [5, 5.41) is 77.5. The summed E-state index contributed by atoms with van der Waals surface area (Å²) in [6.45, 7) is -0.814. The highest BCUT2D eigenvalue weighted by molar-refractivity contribution is 7.99. The van der Waals surface area contributed by atoms with Gasteiger partial charge in [0.05, 0.1) is 25.8 Å². The van der Waals surface area contributed by atoms with Crippen LogP contribution in [0.4, 0.5) is 0 Å². The smallest absolute Gasteiger partial charge is 0.402 e. The first-order chi connectivity index (χ1) is 25.6. The van der Waals surface area contributed by atoms with Crippen LogP contribution in [-0.2, 0) is 25.0 Å². The lowest BCUT2D eigenvalue weighted by Crippen LogP contribution is -2.50. The number of nitrogens with two attached hydrogens (primary N) is 1. The monoisotopic (exact) mass is 770 g/mol. The van der Waals surface area contributed by atoms with E-state index in [0.29, 0.717) is 0 Å². The molecular formula is C35H36N3O15S+. The highest BCUT2D eigenvalue weighted by Crippen LogP contribution is 2.59. The third-order valence-corrected chi connectivity index (χ3v) is 9.82. The number of aliphatic carboxylic acids is 2. The van der Waals surface area contributed by atoms with Gasteiger partial charge in [-0.05, 0) is 30.7 Å². The predicted molar refractivity (Wildman–Crippen MR) is 189 cm³/mol. The molecule has 18 nitrogen and oxygen atoms in total. The fraction of sp³-hybridized carbons (Fsp3) is 0.286. The Morgan fingerprint density at radius 1 is 0.963 bits per heavy atom. The Balaban J connectivity index is 1.67. The highest BCUT2D eigenvalue weighted by atomic mass is 32.2. The summed E-state index contributed by atoms with van der Waals surface area (Å²) in [6, 6.07) is 7.38. The standard InChI is InChI=1S/C35H35N3O15S/c1-50-23-9-15(10-24(51-2)29(23)44)31-30(45)28-27-21(52-31)11-18(40)12-22(27)53-35(49,16-3-5-17(39)6-4-16)32(28)54-14-20(33(46)37-13-26(42)43)38-25(41)8-7-19(36)34(47)48/h3-6,9-12,19-20,32,49H,7-8,13-14,36H2,1-2H3,(H7-,37,38,39,40,41,42,43,44,45,46,47,48)/p+1. The summed E-state index contributed by atoms with van der Waals surface area (Å²) in [4.78, 5) is 48.6. The van der Waals surface area contributed by atoms with Crippen molar-refractivity contribution >= 4 is 46.5 Å². The fourth-order valence-corrected chi connectivity index (χ4v) is 7.16. The second-order valence-corrected chi connectivity index (χ2v) is 13.2. The maximum atomic E-state index is 13.3. The van der Waals surface area contributed by atoms with Gasteiger partial charge in [0.1, 0.15) is 46.5 Å². The number of phenolic OH excluding ortho intramolecular Hbond substituents is 3. The topological polar surface area (TPSA) is 299 Å². The average molecular weight is 771 g/mol. The number of aliphatic hydroxyl groups is 1. The van der Waals surface area contributed by atoms with Gasteiger partial charge in [-0.1, -0.05) is 0 Å². The van der Waals surface area contributed by atoms with Crippen LogP contribution in [-0.4, -0.2) is 98.1 Å². The van der Waals surface area contributed by atoms with Crippen LogP contribution in [0.25, 0.3) is 22.3 Å². The predicted octanol–water partition coefficient (Wildman–Crippen LogP) is 2.11. The third kappa shape index (κ3) is 7.92. The molecule has 4 unspecified atom stereocenters. The zero-order chi connectivity index (χ0) is 39.5. The van der Waals surface area contributed by atoms with E-state index in [9.17, 15) is 49.8 Å². The summed E-state index contributed by atoms with van der Waals surface area (Å²) in [5.41, 5.74) is 5.59. The zero-order valence-electron chi connectivity index (χ0n) is 28.6. The summed E-state index contributed by atoms with van der Waals surface area (Å²) < 4.78 is 22.8. The number of rotatable bonds is 15. The lowest BCUT2D eigenvalue weighted by Gasteiger charge is -2.40. The molecule has 11 N–H and O–H groups in total. The normalized spacial score (nSPS) is 17.1. The van der Waals surface area contributed by atoms with E-state index in [1.807, 2.05) is 0 Å². The fourth-order valence-electron chi connectivity index (χ4n) is 5.74. The molecule has 54 heavy (non-hydrogen) atoms. The van der Waals surface area contributed by atoms with Crippen molar-refractivity contribution in [3.8, 4) is 51.6 Å². The van der Waals surface area contributed by atoms with Crippen molar-refractivity contribution in [2.24, 2.45) is 5.73 Å². The van der Waals surface area contributed by atoms with Gasteiger partial charge < -0.3 is 66.3 Å². The second kappa shape index (κ2) is 15.8. The Morgan fingerprint density at radius 3 is 2.20 bits per heavy atom. The van der Waals surface area contributed by atoms with Gasteiger partial charge in [-0.15, -0.1) is 11.8 Å². The van der Waals surface area contributed by atoms with E-state index in [1.54, 1.807) is 0 Å². The zero-order valence-corrected chi connectivity index (χ0v) is 29.4. The SMILES string of the molecule is COc1cc(-c2[o+]c3cc(O)cc4c3c(c2O)C(SCC(NC(=O)CCC(N)C(=O)O)C(=O)NCC(=O)O)C(O)(c2ccc(O)cc2)O4)cc(OC)c1O. The first kappa shape index (κ1) is 39.0. The number of carbonyl (C=O) groups excluding carboxylic acids is 2. The van der Waals surface area contributed by atoms with Crippen molar-refractivity contribution in [1.82, 2.24) is 10.6 Å². The van der Waals surface area contributed by atoms with Crippen LogP contribution in [0.2, 0.25) is 0 Å². The minimum absolute atomic E-state index is 0.0354. The van der Waals surface area contributed by atoms with Gasteiger partial charge in [-0.2, -0.15) is 0 Å². The van der Waals surface area contributed by atoms with Crippen LogP contribution >= 0.6 is 11.8 Å². The summed E-state index contributed by atoms with van der Waals surface area (Å²) in [6.07, 6.45) is -0.695. The molecular weight excluding hydrogens is 734 g/mol. The lowest BCUT2D eigenvalue weighted by molar-refractivity contribution is -0.149. The molecule has 3 aromatic carbocycles. The number of phenols is 3. The van der Waals surface area contributed by atoms with E-state index in [2.05, 4.69) is 10.6 Å². The molecule has 19 heteroatoms. The van der Waals surface area contributed by atoms with Gasteiger partial charge in [-0.25, -0.2) is 4.42 Å². The van der Waals surface area contributed by atoms with E-state index in [4.69, 9.17) is 29.5 Å².